The lowest BCUT2D eigenvalue weighted by Crippen LogP contribution is -2.40. The van der Waals surface area contributed by atoms with E-state index in [9.17, 15) is 19.7 Å². The maximum atomic E-state index is 13.1. The number of para-hydroxylation sites is 1. The maximum Gasteiger partial charge on any atom is 0.332 e. The van der Waals surface area contributed by atoms with Crippen molar-refractivity contribution < 1.29 is 4.92 Å². The number of nitro groups is 1. The summed E-state index contributed by atoms with van der Waals surface area (Å²) >= 11 is 0. The molecule has 12 nitrogen and oxygen atoms in total. The Kier molecular flexibility index (Phi) is 5.43. The Balaban J connectivity index is 1.79. The van der Waals surface area contributed by atoms with Gasteiger partial charge in [0.25, 0.3) is 11.2 Å². The van der Waals surface area contributed by atoms with E-state index in [2.05, 4.69) is 25.1 Å². The number of aryl methyl sites for hydroxylation is 2. The quantitative estimate of drug-likeness (QED) is 0.317. The summed E-state index contributed by atoms with van der Waals surface area (Å²) in [4.78, 5) is 48.3. The average Bonchev–Trinajstić information content (AvgIpc) is 3.41. The van der Waals surface area contributed by atoms with Gasteiger partial charge in [0.15, 0.2) is 5.65 Å². The number of H-pyrrole nitrogens is 2. The van der Waals surface area contributed by atoms with Crippen molar-refractivity contribution in [3.05, 3.63) is 78.8 Å². The van der Waals surface area contributed by atoms with Crippen LogP contribution in [0.25, 0.3) is 11.2 Å². The fraction of sp³-hybridized carbons (Fsp3) is 0.316. The highest BCUT2D eigenvalue weighted by Gasteiger charge is 2.19. The van der Waals surface area contributed by atoms with Crippen LogP contribution in [-0.4, -0.2) is 39.2 Å². The molecule has 4 rings (SSSR count). The topological polar surface area (TPSA) is 157 Å². The average molecular weight is 424 g/mol. The largest absolute Gasteiger partial charge is 0.336 e. The molecular formula is C19H20N8O4. The highest BCUT2D eigenvalue weighted by Crippen LogP contribution is 2.19. The molecule has 0 atom stereocenters. The third kappa shape index (κ3) is 3.86. The van der Waals surface area contributed by atoms with Crippen molar-refractivity contribution in [3.8, 4) is 0 Å². The first-order valence-corrected chi connectivity index (χ1v) is 9.78. The molecule has 1 aromatic carbocycles. The summed E-state index contributed by atoms with van der Waals surface area (Å²) in [5, 5.41) is 17.8. The van der Waals surface area contributed by atoms with Gasteiger partial charge >= 0.3 is 5.69 Å². The van der Waals surface area contributed by atoms with Crippen LogP contribution in [0.2, 0.25) is 0 Å². The molecule has 0 radical (unpaired) electrons. The zero-order valence-electron chi connectivity index (χ0n) is 16.7. The second-order valence-electron chi connectivity index (χ2n) is 7.02. The van der Waals surface area contributed by atoms with E-state index in [1.807, 2.05) is 6.92 Å². The predicted octanol–water partition coefficient (Wildman–Crippen LogP) is 1.16. The van der Waals surface area contributed by atoms with Gasteiger partial charge in [0, 0.05) is 24.7 Å². The Labute approximate surface area is 174 Å². The van der Waals surface area contributed by atoms with Gasteiger partial charge in [-0.15, -0.1) is 0 Å². The normalized spacial score (nSPS) is 11.3. The molecule has 0 bridgehead atoms. The lowest BCUT2D eigenvalue weighted by molar-refractivity contribution is -0.385. The van der Waals surface area contributed by atoms with Gasteiger partial charge in [-0.2, -0.15) is 5.10 Å². The van der Waals surface area contributed by atoms with Gasteiger partial charge in [-0.05, 0) is 12.8 Å². The summed E-state index contributed by atoms with van der Waals surface area (Å²) < 4.78 is 2.56. The number of hydrogen-bond donors (Lipinski definition) is 2. The van der Waals surface area contributed by atoms with E-state index in [-0.39, 0.29) is 42.8 Å². The number of aromatic nitrogens is 7. The van der Waals surface area contributed by atoms with Crippen LogP contribution in [0.3, 0.4) is 0 Å². The van der Waals surface area contributed by atoms with Crippen molar-refractivity contribution in [2.24, 2.45) is 0 Å². The smallest absolute Gasteiger partial charge is 0.332 e. The highest BCUT2D eigenvalue weighted by molar-refractivity contribution is 5.70. The summed E-state index contributed by atoms with van der Waals surface area (Å²) in [6.45, 7) is 2.27. The number of nitrogens with zero attached hydrogens (tertiary/aromatic N) is 6. The fourth-order valence-corrected chi connectivity index (χ4v) is 3.53. The molecule has 2 N–H and O–H groups in total. The molecule has 0 saturated heterocycles. The Bertz CT molecular complexity index is 1350. The number of nitro benzene ring substituents is 1. The van der Waals surface area contributed by atoms with Crippen LogP contribution in [0.5, 0.6) is 0 Å². The minimum atomic E-state index is -0.490. The Morgan fingerprint density at radius 3 is 2.65 bits per heavy atom. The molecule has 0 aliphatic rings. The minimum Gasteiger partial charge on any atom is -0.336 e. The zero-order valence-corrected chi connectivity index (χ0v) is 16.7. The van der Waals surface area contributed by atoms with Gasteiger partial charge in [-0.1, -0.05) is 25.1 Å². The number of hydrogen-bond acceptors (Lipinski definition) is 7. The molecule has 3 heterocycles. The van der Waals surface area contributed by atoms with Crippen LogP contribution in [0, 0.1) is 10.1 Å². The van der Waals surface area contributed by atoms with Crippen LogP contribution < -0.4 is 11.2 Å². The standard InChI is InChI=1S/C19H20N8O4/c1-2-8-26-18(28)16-17(23-15(22-16)10-14-20-11-21-24-14)25(19(26)29)9-7-12-5-3-4-6-13(12)27(30)31/h3-6,11H,2,7-10H2,1H3,(H,22,23)(H,20,21,24). The van der Waals surface area contributed by atoms with Crippen LogP contribution in [-0.2, 0) is 25.9 Å². The summed E-state index contributed by atoms with van der Waals surface area (Å²) in [6.07, 6.45) is 2.49. The lowest BCUT2D eigenvalue weighted by Gasteiger charge is -2.11. The van der Waals surface area contributed by atoms with Crippen LogP contribution in [0.15, 0.2) is 40.2 Å². The molecule has 0 unspecified atom stereocenters. The number of aromatic amines is 2. The zero-order chi connectivity index (χ0) is 22.0. The van der Waals surface area contributed by atoms with Gasteiger partial charge < -0.3 is 4.98 Å². The summed E-state index contributed by atoms with van der Waals surface area (Å²) in [6, 6.07) is 6.39. The predicted molar refractivity (Wildman–Crippen MR) is 111 cm³/mol. The molecule has 160 valence electrons. The van der Waals surface area contributed by atoms with E-state index in [1.165, 1.54) is 17.0 Å². The molecule has 0 spiro atoms. The van der Waals surface area contributed by atoms with E-state index < -0.39 is 16.2 Å². The van der Waals surface area contributed by atoms with E-state index in [0.717, 1.165) is 4.57 Å². The molecule has 0 fully saturated rings. The molecule has 3 aromatic heterocycles. The maximum absolute atomic E-state index is 13.1. The first kappa shape index (κ1) is 20.2. The molecule has 0 saturated carbocycles. The van der Waals surface area contributed by atoms with E-state index >= 15 is 0 Å². The van der Waals surface area contributed by atoms with E-state index in [4.69, 9.17) is 0 Å². The van der Waals surface area contributed by atoms with Crippen LogP contribution in [0.4, 0.5) is 5.69 Å². The van der Waals surface area contributed by atoms with Gasteiger partial charge in [0.05, 0.1) is 11.3 Å². The first-order valence-electron chi connectivity index (χ1n) is 9.78. The molecular weight excluding hydrogens is 404 g/mol. The number of imidazole rings is 1. The van der Waals surface area contributed by atoms with Crippen LogP contribution >= 0.6 is 0 Å². The Morgan fingerprint density at radius 2 is 1.94 bits per heavy atom. The second kappa shape index (κ2) is 8.34. The Morgan fingerprint density at radius 1 is 1.13 bits per heavy atom. The Hall–Kier alpha value is -4.09. The summed E-state index contributed by atoms with van der Waals surface area (Å²) in [5.74, 6) is 1.01. The number of fused-ring (bicyclic) bond motifs is 1. The first-order chi connectivity index (χ1) is 15.0. The van der Waals surface area contributed by atoms with E-state index in [0.29, 0.717) is 23.6 Å². The number of rotatable bonds is 8. The molecule has 31 heavy (non-hydrogen) atoms. The van der Waals surface area contributed by atoms with Crippen LogP contribution in [0.1, 0.15) is 30.6 Å². The summed E-state index contributed by atoms with van der Waals surface area (Å²) in [7, 11) is 0. The highest BCUT2D eigenvalue weighted by atomic mass is 16.6. The van der Waals surface area contributed by atoms with Crippen molar-refractivity contribution in [2.45, 2.75) is 39.3 Å². The van der Waals surface area contributed by atoms with Crippen molar-refractivity contribution in [3.63, 3.8) is 0 Å². The molecule has 0 aliphatic carbocycles. The van der Waals surface area contributed by atoms with Gasteiger partial charge in [-0.25, -0.2) is 14.8 Å². The van der Waals surface area contributed by atoms with Crippen molar-refractivity contribution in [1.29, 1.82) is 0 Å². The molecule has 12 heteroatoms. The lowest BCUT2D eigenvalue weighted by atomic mass is 10.1. The third-order valence-electron chi connectivity index (χ3n) is 4.95. The van der Waals surface area contributed by atoms with Crippen molar-refractivity contribution in [1.82, 2.24) is 34.3 Å². The second-order valence-corrected chi connectivity index (χ2v) is 7.02. The molecule has 0 aliphatic heterocycles. The van der Waals surface area contributed by atoms with Gasteiger partial charge in [-0.3, -0.25) is 29.1 Å². The number of nitrogens with one attached hydrogen (secondary N) is 2. The minimum absolute atomic E-state index is 0.0123. The third-order valence-corrected chi connectivity index (χ3v) is 4.95. The molecule has 0 amide bonds. The monoisotopic (exact) mass is 424 g/mol. The van der Waals surface area contributed by atoms with Gasteiger partial charge in [0.2, 0.25) is 0 Å². The van der Waals surface area contributed by atoms with Gasteiger partial charge in [0.1, 0.15) is 23.5 Å². The molecule has 4 aromatic rings. The van der Waals surface area contributed by atoms with Crippen molar-refractivity contribution >= 4 is 16.9 Å². The summed E-state index contributed by atoms with van der Waals surface area (Å²) in [5.41, 5.74) is -0.0174. The van der Waals surface area contributed by atoms with Crippen molar-refractivity contribution in [2.75, 3.05) is 0 Å². The fourth-order valence-electron chi connectivity index (χ4n) is 3.53. The SMILES string of the molecule is CCCn1c(=O)c2[nH]c(Cc3ncn[nH]3)nc2n(CCc2ccccc2[N+](=O)[O-])c1=O. The van der Waals surface area contributed by atoms with E-state index in [1.54, 1.807) is 18.2 Å². The number of benzene rings is 1.